The maximum Gasteiger partial charge on any atom is 0.456 e. The van der Waals surface area contributed by atoms with Crippen molar-refractivity contribution in [2.24, 2.45) is 0 Å². The molecule has 0 radical (unpaired) electrons. The second-order valence-electron chi connectivity index (χ2n) is 4.83. The van der Waals surface area contributed by atoms with Gasteiger partial charge < -0.3 is 0 Å². The van der Waals surface area contributed by atoms with Crippen molar-refractivity contribution in [2.75, 3.05) is 0 Å². The lowest BCUT2D eigenvalue weighted by Crippen LogP contribution is -2.25. The first-order valence-corrected chi connectivity index (χ1v) is 6.78. The summed E-state index contributed by atoms with van der Waals surface area (Å²) in [7, 11) is 0. The molecule has 0 saturated heterocycles. The Morgan fingerprint density at radius 2 is 1.48 bits per heavy atom. The Bertz CT molecular complexity index is 824. The summed E-state index contributed by atoms with van der Waals surface area (Å²) in [5.41, 5.74) is 0.552. The number of benzene rings is 2. The molecule has 0 atom stereocenters. The molecule has 116 valence electrons. The molecule has 0 amide bonds. The Morgan fingerprint density at radius 1 is 0.913 bits per heavy atom. The molecule has 3 aromatic rings. The van der Waals surface area contributed by atoms with Crippen molar-refractivity contribution in [1.82, 2.24) is 9.55 Å². The van der Waals surface area contributed by atoms with Gasteiger partial charge in [0.1, 0.15) is 11.5 Å². The maximum absolute atomic E-state index is 12.9. The summed E-state index contributed by atoms with van der Waals surface area (Å²) < 4.78 is 39.8. The maximum atomic E-state index is 12.9. The summed E-state index contributed by atoms with van der Waals surface area (Å²) >= 11 is 0. The molecule has 6 heteroatoms. The molecule has 0 aliphatic carbocycles. The third kappa shape index (κ3) is 2.88. The number of imidazole rings is 1. The minimum absolute atomic E-state index is 0.282. The first-order valence-electron chi connectivity index (χ1n) is 6.78. The Kier molecular flexibility index (Phi) is 3.73. The summed E-state index contributed by atoms with van der Waals surface area (Å²) in [6, 6.07) is 17.1. The van der Waals surface area contributed by atoms with Gasteiger partial charge in [0.25, 0.3) is 5.78 Å². The number of halogens is 3. The molecule has 23 heavy (non-hydrogen) atoms. The van der Waals surface area contributed by atoms with Crippen LogP contribution in [0.3, 0.4) is 0 Å². The Balaban J connectivity index is 2.24. The quantitative estimate of drug-likeness (QED) is 0.676. The van der Waals surface area contributed by atoms with Gasteiger partial charge in [-0.25, -0.2) is 4.98 Å². The highest BCUT2D eigenvalue weighted by molar-refractivity contribution is 5.99. The van der Waals surface area contributed by atoms with E-state index in [1.54, 1.807) is 60.7 Å². The molecule has 0 unspecified atom stereocenters. The third-order valence-electron chi connectivity index (χ3n) is 3.30. The highest BCUT2D eigenvalue weighted by atomic mass is 19.4. The van der Waals surface area contributed by atoms with E-state index in [-0.39, 0.29) is 5.82 Å². The molecular weight excluding hydrogens is 305 g/mol. The van der Waals surface area contributed by atoms with E-state index in [2.05, 4.69) is 4.98 Å². The summed E-state index contributed by atoms with van der Waals surface area (Å²) in [6.45, 7) is 0. The highest BCUT2D eigenvalue weighted by Gasteiger charge is 2.42. The zero-order valence-corrected chi connectivity index (χ0v) is 11.8. The van der Waals surface area contributed by atoms with Crippen LogP contribution in [0.4, 0.5) is 13.2 Å². The number of nitrogens with zero attached hydrogens (tertiary/aromatic N) is 2. The number of hydrogen-bond donors (Lipinski definition) is 0. The predicted molar refractivity (Wildman–Crippen MR) is 79.4 cm³/mol. The second kappa shape index (κ2) is 5.72. The molecule has 0 saturated carbocycles. The average molecular weight is 316 g/mol. The van der Waals surface area contributed by atoms with Crippen LogP contribution in [0.5, 0.6) is 0 Å². The molecule has 0 bridgehead atoms. The SMILES string of the molecule is O=C(c1cnc(-c2ccccc2)n1-c1ccccc1)C(F)(F)F. The third-order valence-corrected chi connectivity index (χ3v) is 3.30. The van der Waals surface area contributed by atoms with Crippen molar-refractivity contribution in [3.8, 4) is 17.1 Å². The van der Waals surface area contributed by atoms with Gasteiger partial charge in [0.05, 0.1) is 6.20 Å². The lowest BCUT2D eigenvalue weighted by molar-refractivity contribution is -0.0889. The lowest BCUT2D eigenvalue weighted by atomic mass is 10.2. The molecule has 3 nitrogen and oxygen atoms in total. The minimum atomic E-state index is -4.96. The fourth-order valence-electron chi connectivity index (χ4n) is 2.29. The Labute approximate surface area is 130 Å². The van der Waals surface area contributed by atoms with Crippen LogP contribution in [-0.2, 0) is 0 Å². The normalized spacial score (nSPS) is 11.4. The monoisotopic (exact) mass is 316 g/mol. The van der Waals surface area contributed by atoms with Crippen LogP contribution in [0, 0.1) is 0 Å². The van der Waals surface area contributed by atoms with Crippen molar-refractivity contribution >= 4 is 5.78 Å². The molecule has 0 aliphatic rings. The molecule has 1 aromatic heterocycles. The molecule has 0 N–H and O–H groups in total. The van der Waals surface area contributed by atoms with E-state index in [1.165, 1.54) is 4.57 Å². The Morgan fingerprint density at radius 3 is 2.04 bits per heavy atom. The highest BCUT2D eigenvalue weighted by Crippen LogP contribution is 2.28. The van der Waals surface area contributed by atoms with Gasteiger partial charge in [-0.05, 0) is 12.1 Å². The molecule has 1 heterocycles. The number of rotatable bonds is 3. The van der Waals surface area contributed by atoms with E-state index in [0.29, 0.717) is 11.3 Å². The number of carbonyl (C=O) groups is 1. The van der Waals surface area contributed by atoms with Gasteiger partial charge in [0, 0.05) is 11.3 Å². The van der Waals surface area contributed by atoms with Crippen LogP contribution in [0.15, 0.2) is 66.9 Å². The summed E-state index contributed by atoms with van der Waals surface area (Å²) in [5, 5.41) is 0. The Hall–Kier alpha value is -2.89. The molecule has 0 fully saturated rings. The largest absolute Gasteiger partial charge is 0.456 e. The van der Waals surface area contributed by atoms with Gasteiger partial charge >= 0.3 is 6.18 Å². The van der Waals surface area contributed by atoms with Crippen LogP contribution in [0.1, 0.15) is 10.5 Å². The molecule has 0 spiro atoms. The van der Waals surface area contributed by atoms with Crippen LogP contribution in [0.25, 0.3) is 17.1 Å². The van der Waals surface area contributed by atoms with E-state index < -0.39 is 17.7 Å². The van der Waals surface area contributed by atoms with Crippen LogP contribution in [0.2, 0.25) is 0 Å². The average Bonchev–Trinajstić information content (AvgIpc) is 2.99. The van der Waals surface area contributed by atoms with Crippen molar-refractivity contribution < 1.29 is 18.0 Å². The van der Waals surface area contributed by atoms with E-state index in [9.17, 15) is 18.0 Å². The number of para-hydroxylation sites is 1. The predicted octanol–water partition coefficient (Wildman–Crippen LogP) is 4.28. The molecule has 2 aromatic carbocycles. The summed E-state index contributed by atoms with van der Waals surface area (Å²) in [6.07, 6.45) is -3.99. The molecule has 3 rings (SSSR count). The first kappa shape index (κ1) is 15.0. The van der Waals surface area contributed by atoms with E-state index in [1.807, 2.05) is 0 Å². The zero-order chi connectivity index (χ0) is 16.4. The molecular formula is C17H11F3N2O. The van der Waals surface area contributed by atoms with Gasteiger partial charge in [-0.3, -0.25) is 9.36 Å². The van der Waals surface area contributed by atoms with E-state index in [4.69, 9.17) is 0 Å². The summed E-state index contributed by atoms with van der Waals surface area (Å²) in [5.74, 6) is -1.64. The fraction of sp³-hybridized carbons (Fsp3) is 0.0588. The number of Topliss-reactive ketones (excluding diaryl/α,β-unsaturated/α-hetero) is 1. The van der Waals surface area contributed by atoms with Crippen molar-refractivity contribution in [2.45, 2.75) is 6.18 Å². The van der Waals surface area contributed by atoms with E-state index >= 15 is 0 Å². The van der Waals surface area contributed by atoms with Crippen LogP contribution >= 0.6 is 0 Å². The number of alkyl halides is 3. The lowest BCUT2D eigenvalue weighted by Gasteiger charge is -2.12. The fourth-order valence-corrected chi connectivity index (χ4v) is 2.29. The zero-order valence-electron chi connectivity index (χ0n) is 11.8. The van der Waals surface area contributed by atoms with Crippen LogP contribution < -0.4 is 0 Å². The van der Waals surface area contributed by atoms with Gasteiger partial charge in [-0.1, -0.05) is 48.5 Å². The topological polar surface area (TPSA) is 34.9 Å². The first-order chi connectivity index (χ1) is 11.0. The van der Waals surface area contributed by atoms with E-state index in [0.717, 1.165) is 6.20 Å². The second-order valence-corrected chi connectivity index (χ2v) is 4.83. The van der Waals surface area contributed by atoms with Gasteiger partial charge in [-0.15, -0.1) is 0 Å². The standard InChI is InChI=1S/C17H11F3N2O/c18-17(19,20)15(23)14-11-21-16(12-7-3-1-4-8-12)22(14)13-9-5-2-6-10-13/h1-11H. The number of carbonyl (C=O) groups excluding carboxylic acids is 1. The number of aromatic nitrogens is 2. The van der Waals surface area contributed by atoms with Gasteiger partial charge in [0.15, 0.2) is 0 Å². The van der Waals surface area contributed by atoms with Crippen molar-refractivity contribution in [3.05, 3.63) is 72.6 Å². The summed E-state index contributed by atoms with van der Waals surface area (Å²) in [4.78, 5) is 15.8. The van der Waals surface area contributed by atoms with Crippen LogP contribution in [-0.4, -0.2) is 21.5 Å². The van der Waals surface area contributed by atoms with Crippen molar-refractivity contribution in [3.63, 3.8) is 0 Å². The van der Waals surface area contributed by atoms with Gasteiger partial charge in [-0.2, -0.15) is 13.2 Å². The number of hydrogen-bond acceptors (Lipinski definition) is 2. The minimum Gasteiger partial charge on any atom is -0.289 e. The van der Waals surface area contributed by atoms with Gasteiger partial charge in [0.2, 0.25) is 0 Å². The smallest absolute Gasteiger partial charge is 0.289 e. The van der Waals surface area contributed by atoms with Crippen molar-refractivity contribution in [1.29, 1.82) is 0 Å². The molecule has 0 aliphatic heterocycles. The number of ketones is 1.